The smallest absolute Gasteiger partial charge is 0.394 e. The van der Waals surface area contributed by atoms with Crippen molar-refractivity contribution in [3.8, 4) is 0 Å². The van der Waals surface area contributed by atoms with Crippen LogP contribution in [0.25, 0.3) is 0 Å². The van der Waals surface area contributed by atoms with E-state index in [-0.39, 0.29) is 18.6 Å². The van der Waals surface area contributed by atoms with Gasteiger partial charge in [-0.2, -0.15) is 8.42 Å². The quantitative estimate of drug-likeness (QED) is 0.175. The van der Waals surface area contributed by atoms with E-state index in [0.29, 0.717) is 0 Å². The molecule has 0 aliphatic rings. The maximum absolute atomic E-state index is 9.90. The fraction of sp³-hybridized carbons (Fsp3) is 0.833. The molecular weight excluding hydrogens is 292 g/mol. The molecule has 0 spiro atoms. The molecule has 4 atom stereocenters. The summed E-state index contributed by atoms with van der Waals surface area (Å²) in [7, 11) is -4.67. The van der Waals surface area contributed by atoms with E-state index in [1.165, 1.54) is 0 Å². The van der Waals surface area contributed by atoms with Crippen molar-refractivity contribution >= 4 is 16.7 Å². The van der Waals surface area contributed by atoms with E-state index in [2.05, 4.69) is 0 Å². The van der Waals surface area contributed by atoms with Crippen molar-refractivity contribution in [2.24, 2.45) is 0 Å². The van der Waals surface area contributed by atoms with Crippen LogP contribution in [0.2, 0.25) is 0 Å². The average Bonchev–Trinajstić information content (AvgIpc) is 2.22. The largest absolute Gasteiger partial charge is 0.394 e. The molecule has 0 aromatic heterocycles. The first kappa shape index (κ1) is 26.8. The lowest BCUT2D eigenvalue weighted by Crippen LogP contribution is -2.46. The number of rotatable bonds is 5. The minimum absolute atomic E-state index is 0. The van der Waals surface area contributed by atoms with Crippen LogP contribution >= 0.6 is 0 Å². The summed E-state index contributed by atoms with van der Waals surface area (Å²) in [6, 6.07) is 0. The van der Waals surface area contributed by atoms with Gasteiger partial charge in [-0.15, -0.1) is 0 Å². The van der Waals surface area contributed by atoms with Crippen LogP contribution in [-0.4, -0.2) is 80.4 Å². The lowest BCUT2D eigenvalue weighted by Gasteiger charge is -2.22. The Morgan fingerprint density at radius 2 is 1.26 bits per heavy atom. The number of aliphatic hydroxyl groups excluding tert-OH is 5. The molecular formula is C6H20N2O10S. The van der Waals surface area contributed by atoms with Gasteiger partial charge in [0.1, 0.15) is 24.4 Å². The third kappa shape index (κ3) is 17.3. The molecule has 13 N–H and O–H groups in total. The number of carbonyl (C=O) groups excluding carboxylic acids is 1. The number of hydrogen-bond donors (Lipinski definition) is 9. The highest BCUT2D eigenvalue weighted by Crippen LogP contribution is 2.02. The lowest BCUT2D eigenvalue weighted by atomic mass is 10.0. The van der Waals surface area contributed by atoms with E-state index in [4.69, 9.17) is 43.1 Å². The second-order valence-corrected chi connectivity index (χ2v) is 3.70. The normalized spacial score (nSPS) is 16.4. The first-order chi connectivity index (χ1) is 7.54. The second-order valence-electron chi connectivity index (χ2n) is 2.81. The minimum Gasteiger partial charge on any atom is -0.394 e. The molecule has 19 heavy (non-hydrogen) atoms. The molecule has 12 nitrogen and oxygen atoms in total. The zero-order chi connectivity index (χ0) is 14.2. The maximum Gasteiger partial charge on any atom is 0.394 e. The topological polar surface area (TPSA) is 263 Å². The Hall–Kier alpha value is -0.740. The van der Waals surface area contributed by atoms with E-state index in [0.717, 1.165) is 0 Å². The van der Waals surface area contributed by atoms with Gasteiger partial charge in [0.15, 0.2) is 6.29 Å². The Balaban J connectivity index is -0.000000139. The molecule has 0 bridgehead atoms. The predicted molar refractivity (Wildman–Crippen MR) is 61.4 cm³/mol. The molecule has 120 valence electrons. The average molecular weight is 312 g/mol. The van der Waals surface area contributed by atoms with Crippen LogP contribution in [0, 0.1) is 0 Å². The standard InChI is InChI=1S/C6H12O6.2H3N.H2O4S/c7-1-3(9)5(11)6(12)4(10)2-8;;;1-5(2,3)4/h1,3-6,8-12H,2H2;2*1H3;(H2,1,2,3,4). The van der Waals surface area contributed by atoms with Crippen molar-refractivity contribution in [3.05, 3.63) is 0 Å². The van der Waals surface area contributed by atoms with E-state index in [1.54, 1.807) is 0 Å². The van der Waals surface area contributed by atoms with Crippen molar-refractivity contribution in [2.45, 2.75) is 24.4 Å². The molecule has 0 aromatic carbocycles. The van der Waals surface area contributed by atoms with Crippen LogP contribution in [0.4, 0.5) is 0 Å². The van der Waals surface area contributed by atoms with Gasteiger partial charge in [-0.1, -0.05) is 0 Å². The Morgan fingerprint density at radius 3 is 1.47 bits per heavy atom. The summed E-state index contributed by atoms with van der Waals surface area (Å²) in [5, 5.41) is 43.5. The molecule has 0 saturated carbocycles. The zero-order valence-corrected chi connectivity index (χ0v) is 10.6. The van der Waals surface area contributed by atoms with Gasteiger partial charge >= 0.3 is 10.4 Å². The van der Waals surface area contributed by atoms with Gasteiger partial charge in [-0.25, -0.2) is 0 Å². The highest BCUT2D eigenvalue weighted by Gasteiger charge is 2.29. The molecule has 0 fully saturated rings. The van der Waals surface area contributed by atoms with Gasteiger partial charge in [0.25, 0.3) is 0 Å². The van der Waals surface area contributed by atoms with Crippen LogP contribution in [0.3, 0.4) is 0 Å². The monoisotopic (exact) mass is 312 g/mol. The molecule has 0 radical (unpaired) electrons. The van der Waals surface area contributed by atoms with E-state index in [9.17, 15) is 4.79 Å². The van der Waals surface area contributed by atoms with Crippen LogP contribution in [-0.2, 0) is 15.2 Å². The van der Waals surface area contributed by atoms with E-state index in [1.807, 2.05) is 0 Å². The Kier molecular flexibility index (Phi) is 17.3. The van der Waals surface area contributed by atoms with Crippen molar-refractivity contribution < 1.29 is 47.9 Å². The minimum atomic E-state index is -4.67. The fourth-order valence-corrected chi connectivity index (χ4v) is 0.618. The highest BCUT2D eigenvalue weighted by atomic mass is 32.3. The summed E-state index contributed by atoms with van der Waals surface area (Å²) < 4.78 is 31.6. The van der Waals surface area contributed by atoms with E-state index < -0.39 is 41.4 Å². The molecule has 4 unspecified atom stereocenters. The first-order valence-electron chi connectivity index (χ1n) is 4.02. The van der Waals surface area contributed by atoms with Crippen molar-refractivity contribution in [1.82, 2.24) is 12.3 Å². The highest BCUT2D eigenvalue weighted by molar-refractivity contribution is 7.79. The van der Waals surface area contributed by atoms with Gasteiger partial charge in [-0.05, 0) is 0 Å². The lowest BCUT2D eigenvalue weighted by molar-refractivity contribution is -0.136. The van der Waals surface area contributed by atoms with Crippen LogP contribution in [0.5, 0.6) is 0 Å². The molecule has 0 aromatic rings. The van der Waals surface area contributed by atoms with Gasteiger partial charge in [-0.3, -0.25) is 9.11 Å². The van der Waals surface area contributed by atoms with Gasteiger partial charge in [0.05, 0.1) is 6.61 Å². The van der Waals surface area contributed by atoms with Crippen molar-refractivity contribution in [1.29, 1.82) is 0 Å². The molecule has 0 heterocycles. The Morgan fingerprint density at radius 1 is 0.947 bits per heavy atom. The molecule has 0 amide bonds. The fourth-order valence-electron chi connectivity index (χ4n) is 0.618. The maximum atomic E-state index is 9.90. The van der Waals surface area contributed by atoms with Crippen molar-refractivity contribution in [2.75, 3.05) is 6.61 Å². The zero-order valence-electron chi connectivity index (χ0n) is 9.77. The number of aliphatic hydroxyl groups is 5. The molecule has 0 aliphatic carbocycles. The number of hydrogen-bond acceptors (Lipinski definition) is 10. The van der Waals surface area contributed by atoms with Crippen LogP contribution < -0.4 is 12.3 Å². The number of carbonyl (C=O) groups is 1. The first-order valence-corrected chi connectivity index (χ1v) is 5.42. The molecule has 0 rings (SSSR count). The van der Waals surface area contributed by atoms with Gasteiger partial charge < -0.3 is 42.6 Å². The summed E-state index contributed by atoms with van der Waals surface area (Å²) >= 11 is 0. The van der Waals surface area contributed by atoms with Crippen LogP contribution in [0.15, 0.2) is 0 Å². The number of aldehydes is 1. The summed E-state index contributed by atoms with van der Waals surface area (Å²) in [5.41, 5.74) is 0. The van der Waals surface area contributed by atoms with Gasteiger partial charge in [0, 0.05) is 0 Å². The van der Waals surface area contributed by atoms with Gasteiger partial charge in [0.2, 0.25) is 0 Å². The summed E-state index contributed by atoms with van der Waals surface area (Å²) in [6.07, 6.45) is -6.84. The Bertz CT molecular complexity index is 301. The Labute approximate surface area is 109 Å². The summed E-state index contributed by atoms with van der Waals surface area (Å²) in [5.74, 6) is 0. The summed E-state index contributed by atoms with van der Waals surface area (Å²) in [4.78, 5) is 9.90. The molecule has 13 heteroatoms. The SMILES string of the molecule is N.N.O=CC(O)C(O)C(O)C(O)CO.O=S(=O)(O)O. The molecule has 0 aliphatic heterocycles. The summed E-state index contributed by atoms with van der Waals surface area (Å²) in [6.45, 7) is -0.760. The third-order valence-corrected chi connectivity index (χ3v) is 1.42. The third-order valence-electron chi connectivity index (χ3n) is 1.42. The van der Waals surface area contributed by atoms with E-state index >= 15 is 0 Å². The predicted octanol–water partition coefficient (Wildman–Crippen LogP) is -3.71. The van der Waals surface area contributed by atoms with Crippen molar-refractivity contribution in [3.63, 3.8) is 0 Å². The van der Waals surface area contributed by atoms with Crippen LogP contribution in [0.1, 0.15) is 0 Å². The second kappa shape index (κ2) is 12.3. The molecule has 0 saturated heterocycles.